The van der Waals surface area contributed by atoms with Gasteiger partial charge in [0.15, 0.2) is 0 Å². The molecule has 2 aromatic heterocycles. The molecule has 126 valence electrons. The molecule has 1 amide bonds. The number of aryl methyl sites for hydroxylation is 2. The molecule has 1 atom stereocenters. The normalized spacial score (nSPS) is 17.7. The number of pyridine rings is 1. The van der Waals surface area contributed by atoms with Gasteiger partial charge in [-0.1, -0.05) is 6.07 Å². The SMILES string of the molecule is Cc1nccnc1CCC1COCCN1C(=O)Cc1cccnc1. The van der Waals surface area contributed by atoms with Gasteiger partial charge >= 0.3 is 0 Å². The molecule has 1 saturated heterocycles. The number of hydrogen-bond donors (Lipinski definition) is 0. The third-order valence-corrected chi connectivity index (χ3v) is 4.32. The van der Waals surface area contributed by atoms with Gasteiger partial charge in [0.2, 0.25) is 5.91 Å². The van der Waals surface area contributed by atoms with Crippen molar-refractivity contribution in [3.8, 4) is 0 Å². The molecule has 0 aliphatic carbocycles. The van der Waals surface area contributed by atoms with Crippen molar-refractivity contribution in [1.82, 2.24) is 19.9 Å². The highest BCUT2D eigenvalue weighted by molar-refractivity contribution is 5.79. The molecular formula is C18H22N4O2. The van der Waals surface area contributed by atoms with Crippen LogP contribution in [0, 0.1) is 6.92 Å². The van der Waals surface area contributed by atoms with E-state index in [1.807, 2.05) is 24.0 Å². The van der Waals surface area contributed by atoms with E-state index in [4.69, 9.17) is 4.74 Å². The summed E-state index contributed by atoms with van der Waals surface area (Å²) in [4.78, 5) is 27.4. The van der Waals surface area contributed by atoms with E-state index in [9.17, 15) is 4.79 Å². The quantitative estimate of drug-likeness (QED) is 0.834. The molecule has 0 N–H and O–H groups in total. The van der Waals surface area contributed by atoms with Crippen molar-refractivity contribution in [1.29, 1.82) is 0 Å². The summed E-state index contributed by atoms with van der Waals surface area (Å²) in [5.74, 6) is 0.132. The van der Waals surface area contributed by atoms with Crippen LogP contribution in [0.3, 0.4) is 0 Å². The highest BCUT2D eigenvalue weighted by Crippen LogP contribution is 2.16. The number of carbonyl (C=O) groups is 1. The maximum absolute atomic E-state index is 12.7. The minimum absolute atomic E-state index is 0.0873. The molecule has 3 rings (SSSR count). The monoisotopic (exact) mass is 326 g/mol. The van der Waals surface area contributed by atoms with Crippen LogP contribution < -0.4 is 0 Å². The number of amides is 1. The Labute approximate surface area is 141 Å². The topological polar surface area (TPSA) is 68.2 Å². The summed E-state index contributed by atoms with van der Waals surface area (Å²) >= 11 is 0. The molecule has 0 spiro atoms. The molecule has 0 radical (unpaired) electrons. The summed E-state index contributed by atoms with van der Waals surface area (Å²) in [6, 6.07) is 3.88. The van der Waals surface area contributed by atoms with E-state index >= 15 is 0 Å². The summed E-state index contributed by atoms with van der Waals surface area (Å²) in [6.45, 7) is 3.78. The van der Waals surface area contributed by atoms with Gasteiger partial charge in [0.25, 0.3) is 0 Å². The van der Waals surface area contributed by atoms with Crippen molar-refractivity contribution in [3.63, 3.8) is 0 Å². The van der Waals surface area contributed by atoms with Gasteiger partial charge in [-0.15, -0.1) is 0 Å². The number of morpholine rings is 1. The number of nitrogens with zero attached hydrogens (tertiary/aromatic N) is 4. The summed E-state index contributed by atoms with van der Waals surface area (Å²) in [7, 11) is 0. The summed E-state index contributed by atoms with van der Waals surface area (Å²) in [6.07, 6.45) is 8.89. The predicted octanol–water partition coefficient (Wildman–Crippen LogP) is 1.58. The van der Waals surface area contributed by atoms with Crippen LogP contribution in [0.25, 0.3) is 0 Å². The Balaban J connectivity index is 1.62. The third kappa shape index (κ3) is 4.14. The smallest absolute Gasteiger partial charge is 0.227 e. The number of ether oxygens (including phenoxy) is 1. The number of rotatable bonds is 5. The molecule has 24 heavy (non-hydrogen) atoms. The highest BCUT2D eigenvalue weighted by Gasteiger charge is 2.27. The maximum atomic E-state index is 12.7. The van der Waals surface area contributed by atoms with Gasteiger partial charge in [-0.2, -0.15) is 0 Å². The zero-order valence-electron chi connectivity index (χ0n) is 13.9. The molecule has 0 aromatic carbocycles. The van der Waals surface area contributed by atoms with E-state index in [1.165, 1.54) is 0 Å². The minimum Gasteiger partial charge on any atom is -0.377 e. The van der Waals surface area contributed by atoms with Gasteiger partial charge < -0.3 is 9.64 Å². The Morgan fingerprint density at radius 3 is 3.00 bits per heavy atom. The lowest BCUT2D eigenvalue weighted by Crippen LogP contribution is -2.49. The van der Waals surface area contributed by atoms with Crippen LogP contribution in [-0.2, 0) is 22.4 Å². The maximum Gasteiger partial charge on any atom is 0.227 e. The number of aromatic nitrogens is 3. The molecule has 3 heterocycles. The molecule has 1 unspecified atom stereocenters. The van der Waals surface area contributed by atoms with Gasteiger partial charge in [-0.3, -0.25) is 19.7 Å². The second kappa shape index (κ2) is 7.97. The van der Waals surface area contributed by atoms with Crippen molar-refractivity contribution in [2.75, 3.05) is 19.8 Å². The third-order valence-electron chi connectivity index (χ3n) is 4.32. The van der Waals surface area contributed by atoms with Gasteiger partial charge in [0.05, 0.1) is 37.1 Å². The van der Waals surface area contributed by atoms with Gasteiger partial charge in [0.1, 0.15) is 0 Å². The molecule has 6 nitrogen and oxygen atoms in total. The molecule has 1 aliphatic rings. The van der Waals surface area contributed by atoms with Gasteiger partial charge in [-0.05, 0) is 31.4 Å². The molecule has 1 fully saturated rings. The second-order valence-corrected chi connectivity index (χ2v) is 5.98. The largest absolute Gasteiger partial charge is 0.377 e. The summed E-state index contributed by atoms with van der Waals surface area (Å²) < 4.78 is 5.59. The lowest BCUT2D eigenvalue weighted by molar-refractivity contribution is -0.139. The molecule has 6 heteroatoms. The zero-order valence-corrected chi connectivity index (χ0v) is 13.9. The number of carbonyl (C=O) groups excluding carboxylic acids is 1. The lowest BCUT2D eigenvalue weighted by Gasteiger charge is -2.36. The average Bonchev–Trinajstić information content (AvgIpc) is 2.62. The van der Waals surface area contributed by atoms with Crippen LogP contribution in [-0.4, -0.2) is 51.6 Å². The molecule has 0 saturated carbocycles. The van der Waals surface area contributed by atoms with E-state index in [1.54, 1.807) is 24.8 Å². The molecule has 0 bridgehead atoms. The minimum atomic E-state index is 0.0873. The van der Waals surface area contributed by atoms with E-state index in [0.29, 0.717) is 26.2 Å². The Kier molecular flexibility index (Phi) is 5.48. The van der Waals surface area contributed by atoms with Gasteiger partial charge in [0, 0.05) is 31.3 Å². The fraction of sp³-hybridized carbons (Fsp3) is 0.444. The Hall–Kier alpha value is -2.34. The van der Waals surface area contributed by atoms with Gasteiger partial charge in [-0.25, -0.2) is 0 Å². The summed E-state index contributed by atoms with van der Waals surface area (Å²) in [5.41, 5.74) is 2.88. The molecule has 2 aromatic rings. The fourth-order valence-electron chi connectivity index (χ4n) is 2.99. The van der Waals surface area contributed by atoms with E-state index in [-0.39, 0.29) is 11.9 Å². The summed E-state index contributed by atoms with van der Waals surface area (Å²) in [5, 5.41) is 0. The molecule has 1 aliphatic heterocycles. The lowest BCUT2D eigenvalue weighted by atomic mass is 10.0. The second-order valence-electron chi connectivity index (χ2n) is 5.98. The highest BCUT2D eigenvalue weighted by atomic mass is 16.5. The average molecular weight is 326 g/mol. The first-order valence-electron chi connectivity index (χ1n) is 8.26. The van der Waals surface area contributed by atoms with Crippen molar-refractivity contribution in [2.45, 2.75) is 32.2 Å². The Morgan fingerprint density at radius 1 is 1.33 bits per heavy atom. The van der Waals surface area contributed by atoms with Crippen LogP contribution in [0.5, 0.6) is 0 Å². The van der Waals surface area contributed by atoms with Crippen molar-refractivity contribution < 1.29 is 9.53 Å². The fourth-order valence-corrected chi connectivity index (χ4v) is 2.99. The first kappa shape index (κ1) is 16.5. The van der Waals surface area contributed by atoms with E-state index < -0.39 is 0 Å². The van der Waals surface area contributed by atoms with E-state index in [0.717, 1.165) is 29.8 Å². The van der Waals surface area contributed by atoms with Crippen molar-refractivity contribution >= 4 is 5.91 Å². The first-order chi connectivity index (χ1) is 11.7. The standard InChI is InChI=1S/C18H22N4O2/c1-14-17(21-8-7-20-14)5-4-16-13-24-10-9-22(16)18(23)11-15-3-2-6-19-12-15/h2-3,6-8,12,16H,4-5,9-11,13H2,1H3. The van der Waals surface area contributed by atoms with Crippen LogP contribution in [0.2, 0.25) is 0 Å². The Bertz CT molecular complexity index is 678. The predicted molar refractivity (Wildman–Crippen MR) is 89.4 cm³/mol. The Morgan fingerprint density at radius 2 is 2.21 bits per heavy atom. The first-order valence-corrected chi connectivity index (χ1v) is 8.26. The van der Waals surface area contributed by atoms with Crippen molar-refractivity contribution in [3.05, 3.63) is 53.9 Å². The van der Waals surface area contributed by atoms with Crippen LogP contribution in [0.15, 0.2) is 36.9 Å². The van der Waals surface area contributed by atoms with Crippen LogP contribution >= 0.6 is 0 Å². The van der Waals surface area contributed by atoms with Crippen molar-refractivity contribution in [2.24, 2.45) is 0 Å². The number of hydrogen-bond acceptors (Lipinski definition) is 5. The van der Waals surface area contributed by atoms with Crippen LogP contribution in [0.4, 0.5) is 0 Å². The van der Waals surface area contributed by atoms with Crippen LogP contribution in [0.1, 0.15) is 23.4 Å². The molecular weight excluding hydrogens is 304 g/mol. The zero-order chi connectivity index (χ0) is 16.8. The van der Waals surface area contributed by atoms with E-state index in [2.05, 4.69) is 15.0 Å².